The van der Waals surface area contributed by atoms with Gasteiger partial charge < -0.3 is 4.74 Å². The summed E-state index contributed by atoms with van der Waals surface area (Å²) in [5.41, 5.74) is 0.617. The molecule has 1 aliphatic rings. The lowest BCUT2D eigenvalue weighted by atomic mass is 9.72. The summed E-state index contributed by atoms with van der Waals surface area (Å²) in [6.07, 6.45) is 5.27. The first-order chi connectivity index (χ1) is 5.68. The number of hydrogen-bond acceptors (Lipinski definition) is 1. The molecular weight excluding hydrogens is 148 g/mol. The SMILES string of the molecule is CCC1(CC(C)C)CCOCC1. The van der Waals surface area contributed by atoms with E-state index < -0.39 is 0 Å². The van der Waals surface area contributed by atoms with E-state index in [1.807, 2.05) is 0 Å². The molecule has 0 aromatic heterocycles. The van der Waals surface area contributed by atoms with Crippen LogP contribution >= 0.6 is 0 Å². The molecule has 1 heterocycles. The van der Waals surface area contributed by atoms with Crippen molar-refractivity contribution in [2.75, 3.05) is 13.2 Å². The molecule has 1 rings (SSSR count). The van der Waals surface area contributed by atoms with Crippen LogP contribution in [-0.4, -0.2) is 13.2 Å². The average Bonchev–Trinajstić information content (AvgIpc) is 2.05. The van der Waals surface area contributed by atoms with Gasteiger partial charge in [0.25, 0.3) is 0 Å². The van der Waals surface area contributed by atoms with Gasteiger partial charge in [-0.1, -0.05) is 27.2 Å². The third-order valence-corrected chi connectivity index (χ3v) is 3.14. The van der Waals surface area contributed by atoms with Gasteiger partial charge in [-0.15, -0.1) is 0 Å². The highest BCUT2D eigenvalue weighted by Gasteiger charge is 2.30. The van der Waals surface area contributed by atoms with Crippen LogP contribution in [0.2, 0.25) is 0 Å². The molecule has 0 saturated carbocycles. The fourth-order valence-electron chi connectivity index (χ4n) is 2.37. The van der Waals surface area contributed by atoms with Gasteiger partial charge in [0.2, 0.25) is 0 Å². The monoisotopic (exact) mass is 170 g/mol. The molecule has 1 nitrogen and oxygen atoms in total. The summed E-state index contributed by atoms with van der Waals surface area (Å²) in [7, 11) is 0. The summed E-state index contributed by atoms with van der Waals surface area (Å²) < 4.78 is 5.41. The van der Waals surface area contributed by atoms with Gasteiger partial charge >= 0.3 is 0 Å². The van der Waals surface area contributed by atoms with Crippen LogP contribution in [0, 0.1) is 11.3 Å². The molecule has 0 N–H and O–H groups in total. The Morgan fingerprint density at radius 3 is 2.25 bits per heavy atom. The minimum absolute atomic E-state index is 0.617. The Morgan fingerprint density at radius 2 is 1.83 bits per heavy atom. The second-order valence-corrected chi connectivity index (χ2v) is 4.56. The van der Waals surface area contributed by atoms with Crippen LogP contribution < -0.4 is 0 Å². The third kappa shape index (κ3) is 2.48. The third-order valence-electron chi connectivity index (χ3n) is 3.14. The minimum atomic E-state index is 0.617. The Kier molecular flexibility index (Phi) is 3.57. The fourth-order valence-corrected chi connectivity index (χ4v) is 2.37. The Balaban J connectivity index is 2.48. The molecule has 0 aliphatic carbocycles. The topological polar surface area (TPSA) is 9.23 Å². The van der Waals surface area contributed by atoms with Crippen molar-refractivity contribution in [2.24, 2.45) is 11.3 Å². The Morgan fingerprint density at radius 1 is 1.25 bits per heavy atom. The van der Waals surface area contributed by atoms with Crippen molar-refractivity contribution in [3.63, 3.8) is 0 Å². The van der Waals surface area contributed by atoms with Crippen LogP contribution in [0.25, 0.3) is 0 Å². The van der Waals surface area contributed by atoms with Gasteiger partial charge in [0.1, 0.15) is 0 Å². The maximum absolute atomic E-state index is 5.41. The highest BCUT2D eigenvalue weighted by atomic mass is 16.5. The first kappa shape index (κ1) is 10.0. The lowest BCUT2D eigenvalue weighted by molar-refractivity contribution is 0.00189. The zero-order chi connectivity index (χ0) is 9.03. The molecule has 0 unspecified atom stereocenters. The van der Waals surface area contributed by atoms with Crippen LogP contribution in [0.4, 0.5) is 0 Å². The van der Waals surface area contributed by atoms with Crippen molar-refractivity contribution in [2.45, 2.75) is 46.5 Å². The predicted molar refractivity (Wildman–Crippen MR) is 52.2 cm³/mol. The lowest BCUT2D eigenvalue weighted by Crippen LogP contribution is -2.30. The molecule has 12 heavy (non-hydrogen) atoms. The van der Waals surface area contributed by atoms with Crippen LogP contribution in [0.3, 0.4) is 0 Å². The van der Waals surface area contributed by atoms with Crippen molar-refractivity contribution in [3.8, 4) is 0 Å². The zero-order valence-electron chi connectivity index (χ0n) is 8.73. The molecule has 1 aliphatic heterocycles. The lowest BCUT2D eigenvalue weighted by Gasteiger charge is -2.37. The summed E-state index contributed by atoms with van der Waals surface area (Å²) in [4.78, 5) is 0. The second kappa shape index (κ2) is 4.27. The molecule has 0 spiro atoms. The molecule has 1 heteroatoms. The van der Waals surface area contributed by atoms with Crippen molar-refractivity contribution in [3.05, 3.63) is 0 Å². The maximum Gasteiger partial charge on any atom is 0.0471 e. The number of hydrogen-bond donors (Lipinski definition) is 0. The van der Waals surface area contributed by atoms with E-state index in [-0.39, 0.29) is 0 Å². The van der Waals surface area contributed by atoms with Gasteiger partial charge in [-0.25, -0.2) is 0 Å². The van der Waals surface area contributed by atoms with Crippen molar-refractivity contribution in [1.82, 2.24) is 0 Å². The summed E-state index contributed by atoms with van der Waals surface area (Å²) in [5, 5.41) is 0. The highest BCUT2D eigenvalue weighted by molar-refractivity contribution is 4.81. The molecule has 0 amide bonds. The van der Waals surface area contributed by atoms with E-state index in [0.29, 0.717) is 5.41 Å². The zero-order valence-corrected chi connectivity index (χ0v) is 8.73. The van der Waals surface area contributed by atoms with Gasteiger partial charge in [-0.05, 0) is 30.6 Å². The van der Waals surface area contributed by atoms with Crippen molar-refractivity contribution >= 4 is 0 Å². The number of ether oxygens (including phenoxy) is 1. The molecule has 0 bridgehead atoms. The van der Waals surface area contributed by atoms with Crippen LogP contribution in [0.15, 0.2) is 0 Å². The van der Waals surface area contributed by atoms with E-state index in [0.717, 1.165) is 19.1 Å². The quantitative estimate of drug-likeness (QED) is 0.632. The molecule has 1 fully saturated rings. The maximum atomic E-state index is 5.41. The first-order valence-electron chi connectivity index (χ1n) is 5.26. The molecule has 0 aromatic rings. The van der Waals surface area contributed by atoms with Crippen LogP contribution in [0.5, 0.6) is 0 Å². The van der Waals surface area contributed by atoms with E-state index in [1.54, 1.807) is 0 Å². The smallest absolute Gasteiger partial charge is 0.0471 e. The van der Waals surface area contributed by atoms with Crippen molar-refractivity contribution in [1.29, 1.82) is 0 Å². The summed E-state index contributed by atoms with van der Waals surface area (Å²) in [6, 6.07) is 0. The summed E-state index contributed by atoms with van der Waals surface area (Å²) >= 11 is 0. The number of rotatable bonds is 3. The van der Waals surface area contributed by atoms with Crippen LogP contribution in [0.1, 0.15) is 46.5 Å². The van der Waals surface area contributed by atoms with Gasteiger partial charge in [0, 0.05) is 13.2 Å². The highest BCUT2D eigenvalue weighted by Crippen LogP contribution is 2.39. The standard InChI is InChI=1S/C11H22O/c1-4-11(9-10(2)3)5-7-12-8-6-11/h10H,4-9H2,1-3H3. The van der Waals surface area contributed by atoms with E-state index in [1.165, 1.54) is 25.7 Å². The minimum Gasteiger partial charge on any atom is -0.381 e. The van der Waals surface area contributed by atoms with Crippen LogP contribution in [-0.2, 0) is 4.74 Å². The van der Waals surface area contributed by atoms with Gasteiger partial charge in [0.05, 0.1) is 0 Å². The normalized spacial score (nSPS) is 23.0. The largest absolute Gasteiger partial charge is 0.381 e. The van der Waals surface area contributed by atoms with E-state index in [4.69, 9.17) is 4.74 Å². The first-order valence-corrected chi connectivity index (χ1v) is 5.26. The van der Waals surface area contributed by atoms with E-state index in [2.05, 4.69) is 20.8 Å². The van der Waals surface area contributed by atoms with Gasteiger partial charge in [-0.2, -0.15) is 0 Å². The molecule has 0 atom stereocenters. The van der Waals surface area contributed by atoms with Gasteiger partial charge in [0.15, 0.2) is 0 Å². The summed E-state index contributed by atoms with van der Waals surface area (Å²) in [6.45, 7) is 8.95. The van der Waals surface area contributed by atoms with E-state index >= 15 is 0 Å². The van der Waals surface area contributed by atoms with E-state index in [9.17, 15) is 0 Å². The average molecular weight is 170 g/mol. The molecule has 0 radical (unpaired) electrons. The molecule has 72 valence electrons. The fraction of sp³-hybridized carbons (Fsp3) is 1.00. The molecule has 0 aromatic carbocycles. The second-order valence-electron chi connectivity index (χ2n) is 4.56. The van der Waals surface area contributed by atoms with Crippen molar-refractivity contribution < 1.29 is 4.74 Å². The molecular formula is C11H22O. The Bertz CT molecular complexity index is 123. The Labute approximate surface area is 76.5 Å². The summed E-state index contributed by atoms with van der Waals surface area (Å²) in [5.74, 6) is 0.836. The Hall–Kier alpha value is -0.0400. The predicted octanol–water partition coefficient (Wildman–Crippen LogP) is 3.24. The molecule has 1 saturated heterocycles. The van der Waals surface area contributed by atoms with Gasteiger partial charge in [-0.3, -0.25) is 0 Å².